The topological polar surface area (TPSA) is 36.1 Å². The van der Waals surface area contributed by atoms with Crippen molar-refractivity contribution >= 4 is 6.29 Å². The average Bonchev–Trinajstić information content (AvgIpc) is 2.56. The van der Waals surface area contributed by atoms with Crippen LogP contribution < -0.4 is 0 Å². The number of nitrogens with one attached hydrogen (secondary N) is 1. The Morgan fingerprint density at radius 1 is 1.00 bits per heavy atom. The van der Waals surface area contributed by atoms with Gasteiger partial charge in [0.2, 0.25) is 0 Å². The van der Waals surface area contributed by atoms with Crippen molar-refractivity contribution in [1.29, 1.82) is 0 Å². The maximum Gasteiger partial charge on any atom is 0.166 e. The first-order valence-electron chi connectivity index (χ1n) is 6.85. The number of H-pyrrole nitrogens is 1. The zero-order valence-corrected chi connectivity index (χ0v) is 12.2. The molecule has 1 aliphatic heterocycles. The number of hydrogen-bond donors (Lipinski definition) is 1. The molecule has 0 saturated carbocycles. The highest BCUT2D eigenvalue weighted by molar-refractivity contribution is 5.75. The van der Waals surface area contributed by atoms with E-state index in [1.165, 1.54) is 44.3 Å². The molecule has 1 aromatic rings. The Balaban J connectivity index is 0.000000184. The minimum absolute atomic E-state index is 0.704. The van der Waals surface area contributed by atoms with Gasteiger partial charge >= 0.3 is 0 Å². The quantitative estimate of drug-likeness (QED) is 0.777. The van der Waals surface area contributed by atoms with Crippen molar-refractivity contribution in [3.05, 3.63) is 22.5 Å². The van der Waals surface area contributed by atoms with Crippen molar-refractivity contribution in [2.45, 2.75) is 46.5 Å². The largest absolute Gasteiger partial charge is 0.356 e. The van der Waals surface area contributed by atoms with Crippen LogP contribution in [0.2, 0.25) is 0 Å². The Morgan fingerprint density at radius 2 is 1.56 bits per heavy atom. The zero-order valence-electron chi connectivity index (χ0n) is 12.2. The summed E-state index contributed by atoms with van der Waals surface area (Å²) in [5, 5.41) is 0. The van der Waals surface area contributed by atoms with Crippen LogP contribution in [0.1, 0.15) is 53.0 Å². The minimum Gasteiger partial charge on any atom is -0.356 e. The van der Waals surface area contributed by atoms with E-state index in [1.807, 2.05) is 20.8 Å². The Bertz CT molecular complexity index is 374. The molecule has 2 heterocycles. The maximum absolute atomic E-state index is 10.4. The molecule has 0 spiro atoms. The summed E-state index contributed by atoms with van der Waals surface area (Å²) in [6, 6.07) is 0. The molecule has 0 aliphatic carbocycles. The molecule has 0 radical (unpaired) electrons. The second-order valence-corrected chi connectivity index (χ2v) is 5.25. The van der Waals surface area contributed by atoms with Crippen LogP contribution >= 0.6 is 0 Å². The van der Waals surface area contributed by atoms with Gasteiger partial charge in [-0.05, 0) is 64.9 Å². The standard InChI is InChI=1S/C8H11NO.C7H15N/c1-5-6(2)8(4-10)9-7(5)3;1-8-6-4-2-3-5-7-8/h4,9H,1-3H3;2-7H2,1H3. The third-order valence-corrected chi connectivity index (χ3v) is 3.80. The summed E-state index contributed by atoms with van der Waals surface area (Å²) in [6.07, 6.45) is 6.58. The highest BCUT2D eigenvalue weighted by Gasteiger charge is 2.04. The fourth-order valence-electron chi connectivity index (χ4n) is 2.22. The van der Waals surface area contributed by atoms with Crippen LogP contribution in [0, 0.1) is 20.8 Å². The average molecular weight is 250 g/mol. The van der Waals surface area contributed by atoms with Crippen LogP contribution in [0.25, 0.3) is 0 Å². The molecule has 1 fully saturated rings. The highest BCUT2D eigenvalue weighted by atomic mass is 16.1. The number of rotatable bonds is 1. The van der Waals surface area contributed by atoms with Crippen molar-refractivity contribution in [2.24, 2.45) is 0 Å². The van der Waals surface area contributed by atoms with Crippen LogP contribution in [0.15, 0.2) is 0 Å². The van der Waals surface area contributed by atoms with E-state index in [4.69, 9.17) is 0 Å². The third-order valence-electron chi connectivity index (χ3n) is 3.80. The van der Waals surface area contributed by atoms with E-state index in [0.29, 0.717) is 5.69 Å². The van der Waals surface area contributed by atoms with Gasteiger partial charge in [0.05, 0.1) is 5.69 Å². The fourth-order valence-corrected chi connectivity index (χ4v) is 2.22. The van der Waals surface area contributed by atoms with Gasteiger partial charge in [0.25, 0.3) is 0 Å². The lowest BCUT2D eigenvalue weighted by Crippen LogP contribution is -2.18. The fraction of sp³-hybridized carbons (Fsp3) is 0.667. The van der Waals surface area contributed by atoms with Crippen LogP contribution in [0.3, 0.4) is 0 Å². The molecule has 1 N–H and O–H groups in total. The number of likely N-dealkylation sites (tertiary alicyclic amines) is 1. The van der Waals surface area contributed by atoms with Crippen molar-refractivity contribution in [3.8, 4) is 0 Å². The first kappa shape index (κ1) is 15.0. The number of carbonyl (C=O) groups excluding carboxylic acids is 1. The summed E-state index contributed by atoms with van der Waals surface area (Å²) in [5.74, 6) is 0. The molecule has 1 aliphatic rings. The number of aromatic amines is 1. The lowest BCUT2D eigenvalue weighted by atomic mass is 10.2. The van der Waals surface area contributed by atoms with Gasteiger partial charge in [0.15, 0.2) is 6.29 Å². The normalized spacial score (nSPS) is 16.7. The molecule has 3 heteroatoms. The molecular formula is C15H26N2O. The summed E-state index contributed by atoms with van der Waals surface area (Å²) in [6.45, 7) is 8.56. The van der Waals surface area contributed by atoms with Gasteiger partial charge in [-0.15, -0.1) is 0 Å². The predicted octanol–water partition coefficient (Wildman–Crippen LogP) is 3.24. The first-order chi connectivity index (χ1) is 8.56. The van der Waals surface area contributed by atoms with Gasteiger partial charge in [-0.25, -0.2) is 0 Å². The van der Waals surface area contributed by atoms with Crippen LogP contribution in [-0.4, -0.2) is 36.3 Å². The Morgan fingerprint density at radius 3 is 1.89 bits per heavy atom. The van der Waals surface area contributed by atoms with Crippen LogP contribution in [0.4, 0.5) is 0 Å². The van der Waals surface area contributed by atoms with Gasteiger partial charge in [0.1, 0.15) is 0 Å². The summed E-state index contributed by atoms with van der Waals surface area (Å²) in [5.41, 5.74) is 4.03. The van der Waals surface area contributed by atoms with E-state index in [1.54, 1.807) is 0 Å². The summed E-state index contributed by atoms with van der Waals surface area (Å²) in [4.78, 5) is 15.8. The summed E-state index contributed by atoms with van der Waals surface area (Å²) < 4.78 is 0. The lowest BCUT2D eigenvalue weighted by molar-refractivity contribution is 0.111. The lowest BCUT2D eigenvalue weighted by Gasteiger charge is -2.10. The monoisotopic (exact) mass is 250 g/mol. The molecule has 0 amide bonds. The van der Waals surface area contributed by atoms with Gasteiger partial charge in [-0.3, -0.25) is 4.79 Å². The number of carbonyl (C=O) groups is 1. The maximum atomic E-state index is 10.4. The van der Waals surface area contributed by atoms with E-state index < -0.39 is 0 Å². The van der Waals surface area contributed by atoms with E-state index in [2.05, 4.69) is 16.9 Å². The molecule has 2 rings (SSSR count). The molecule has 0 bridgehead atoms. The predicted molar refractivity (Wildman–Crippen MR) is 76.4 cm³/mol. The molecule has 0 aromatic carbocycles. The molecule has 1 saturated heterocycles. The van der Waals surface area contributed by atoms with E-state index in [-0.39, 0.29) is 0 Å². The molecule has 18 heavy (non-hydrogen) atoms. The summed E-state index contributed by atoms with van der Waals surface area (Å²) >= 11 is 0. The van der Waals surface area contributed by atoms with Crippen LogP contribution in [0.5, 0.6) is 0 Å². The van der Waals surface area contributed by atoms with Crippen LogP contribution in [-0.2, 0) is 0 Å². The van der Waals surface area contributed by atoms with Crippen molar-refractivity contribution in [2.75, 3.05) is 20.1 Å². The Labute approximate surface area is 111 Å². The number of aromatic nitrogens is 1. The third kappa shape index (κ3) is 4.30. The summed E-state index contributed by atoms with van der Waals surface area (Å²) in [7, 11) is 2.21. The molecule has 1 aromatic heterocycles. The van der Waals surface area contributed by atoms with Gasteiger partial charge in [0, 0.05) is 5.69 Å². The number of nitrogens with zero attached hydrogens (tertiary/aromatic N) is 1. The SMILES string of the molecule is CN1CCCCCC1.Cc1[nH]c(C=O)c(C)c1C. The van der Waals surface area contributed by atoms with E-state index >= 15 is 0 Å². The molecule has 3 nitrogen and oxygen atoms in total. The molecule has 0 unspecified atom stereocenters. The number of aldehydes is 1. The van der Waals surface area contributed by atoms with Gasteiger partial charge < -0.3 is 9.88 Å². The Kier molecular flexibility index (Phi) is 6.13. The minimum atomic E-state index is 0.704. The van der Waals surface area contributed by atoms with Crippen molar-refractivity contribution in [3.63, 3.8) is 0 Å². The number of aryl methyl sites for hydroxylation is 1. The van der Waals surface area contributed by atoms with Crippen molar-refractivity contribution < 1.29 is 4.79 Å². The van der Waals surface area contributed by atoms with Gasteiger partial charge in [-0.2, -0.15) is 0 Å². The van der Waals surface area contributed by atoms with Gasteiger partial charge in [-0.1, -0.05) is 12.8 Å². The van der Waals surface area contributed by atoms with Crippen molar-refractivity contribution in [1.82, 2.24) is 9.88 Å². The zero-order chi connectivity index (χ0) is 13.5. The second kappa shape index (κ2) is 7.37. The first-order valence-corrected chi connectivity index (χ1v) is 6.85. The molecule has 0 atom stereocenters. The van der Waals surface area contributed by atoms with E-state index in [9.17, 15) is 4.79 Å². The highest BCUT2D eigenvalue weighted by Crippen LogP contribution is 2.13. The van der Waals surface area contributed by atoms with E-state index in [0.717, 1.165) is 17.5 Å². The smallest absolute Gasteiger partial charge is 0.166 e. The molecular weight excluding hydrogens is 224 g/mol. The molecule has 102 valence electrons. The Hall–Kier alpha value is -1.09. The second-order valence-electron chi connectivity index (χ2n) is 5.25. The number of hydrogen-bond acceptors (Lipinski definition) is 2.